The molecule has 1 aliphatic rings. The third-order valence-electron chi connectivity index (χ3n) is 4.13. The molecule has 5 nitrogen and oxygen atoms in total. The van der Waals surface area contributed by atoms with E-state index in [4.69, 9.17) is 4.74 Å². The minimum atomic E-state index is -0.0804. The van der Waals surface area contributed by atoms with Crippen LogP contribution in [0, 0.1) is 0 Å². The van der Waals surface area contributed by atoms with Gasteiger partial charge in [0.2, 0.25) is 0 Å². The lowest BCUT2D eigenvalue weighted by Crippen LogP contribution is -2.51. The van der Waals surface area contributed by atoms with E-state index in [9.17, 15) is 4.79 Å². The number of morpholine rings is 1. The Bertz CT molecular complexity index is 625. The van der Waals surface area contributed by atoms with Crippen molar-refractivity contribution in [1.29, 1.82) is 0 Å². The molecule has 1 aliphatic heterocycles. The highest BCUT2D eigenvalue weighted by Gasteiger charge is 2.37. The molecule has 23 heavy (non-hydrogen) atoms. The van der Waals surface area contributed by atoms with Crippen LogP contribution < -0.4 is 0 Å². The number of aromatic amines is 1. The maximum atomic E-state index is 12.9. The van der Waals surface area contributed by atoms with Crippen LogP contribution in [0.15, 0.2) is 48.7 Å². The lowest BCUT2D eigenvalue weighted by molar-refractivity contribution is -0.0685. The van der Waals surface area contributed by atoms with Crippen molar-refractivity contribution in [2.24, 2.45) is 0 Å². The zero-order valence-corrected chi connectivity index (χ0v) is 13.6. The predicted molar refractivity (Wildman–Crippen MR) is 89.3 cm³/mol. The van der Waals surface area contributed by atoms with Crippen molar-refractivity contribution in [1.82, 2.24) is 14.8 Å². The summed E-state index contributed by atoms with van der Waals surface area (Å²) in [6.45, 7) is 1.93. The topological polar surface area (TPSA) is 48.6 Å². The number of hydrogen-bond acceptors (Lipinski definition) is 3. The van der Waals surface area contributed by atoms with Gasteiger partial charge >= 0.3 is 0 Å². The number of likely N-dealkylation sites (N-methyl/N-ethyl adjacent to an activating group) is 1. The third kappa shape index (κ3) is 3.46. The second kappa shape index (κ2) is 6.98. The molecule has 1 aromatic carbocycles. The van der Waals surface area contributed by atoms with Crippen LogP contribution >= 0.6 is 0 Å². The Hall–Kier alpha value is -2.11. The summed E-state index contributed by atoms with van der Waals surface area (Å²) < 4.78 is 6.01. The normalized spacial score (nSPS) is 21.6. The Labute approximate surface area is 136 Å². The van der Waals surface area contributed by atoms with Gasteiger partial charge in [-0.05, 0) is 31.8 Å². The van der Waals surface area contributed by atoms with Crippen LogP contribution in [0.5, 0.6) is 0 Å². The molecule has 0 saturated carbocycles. The van der Waals surface area contributed by atoms with Gasteiger partial charge in [-0.2, -0.15) is 0 Å². The molecule has 1 saturated heterocycles. The van der Waals surface area contributed by atoms with Gasteiger partial charge in [0, 0.05) is 19.3 Å². The molecule has 3 rings (SSSR count). The van der Waals surface area contributed by atoms with E-state index in [0.29, 0.717) is 18.8 Å². The van der Waals surface area contributed by atoms with Crippen LogP contribution in [0.4, 0.5) is 0 Å². The summed E-state index contributed by atoms with van der Waals surface area (Å²) in [5.41, 5.74) is 1.73. The number of benzene rings is 1. The fourth-order valence-corrected chi connectivity index (χ4v) is 3.14. The lowest BCUT2D eigenvalue weighted by Gasteiger charge is -2.42. The third-order valence-corrected chi connectivity index (χ3v) is 4.13. The first-order valence-electron chi connectivity index (χ1n) is 7.92. The van der Waals surface area contributed by atoms with Crippen molar-refractivity contribution in [3.8, 4) is 0 Å². The standard InChI is InChI=1S/C18H23N3O2/c1-20(2)13-16-17(14-7-4-3-5-8-14)21(11-12-23-16)18(22)15-9-6-10-19-15/h3-10,16-17,19H,11-13H2,1-2H3/t16-,17-/m0/s1. The SMILES string of the molecule is CN(C)C[C@@H]1OCCN(C(=O)c2ccc[nH]2)[C@H]1c1ccccc1. The maximum absolute atomic E-state index is 12.9. The van der Waals surface area contributed by atoms with Crippen LogP contribution in [-0.2, 0) is 4.74 Å². The van der Waals surface area contributed by atoms with E-state index in [1.54, 1.807) is 6.20 Å². The van der Waals surface area contributed by atoms with Crippen molar-refractivity contribution in [3.63, 3.8) is 0 Å². The van der Waals surface area contributed by atoms with Crippen molar-refractivity contribution in [2.75, 3.05) is 33.8 Å². The Morgan fingerprint density at radius 3 is 2.70 bits per heavy atom. The molecule has 1 amide bonds. The van der Waals surface area contributed by atoms with E-state index in [0.717, 1.165) is 12.1 Å². The monoisotopic (exact) mass is 313 g/mol. The van der Waals surface area contributed by atoms with E-state index < -0.39 is 0 Å². The van der Waals surface area contributed by atoms with Gasteiger partial charge in [-0.25, -0.2) is 0 Å². The molecule has 0 bridgehead atoms. The van der Waals surface area contributed by atoms with E-state index in [1.165, 1.54) is 0 Å². The molecule has 5 heteroatoms. The van der Waals surface area contributed by atoms with E-state index in [1.807, 2.05) is 49.3 Å². The maximum Gasteiger partial charge on any atom is 0.270 e. The number of carbonyl (C=O) groups is 1. The Morgan fingerprint density at radius 2 is 2.04 bits per heavy atom. The summed E-state index contributed by atoms with van der Waals surface area (Å²) in [6, 6.07) is 13.7. The molecule has 1 N–H and O–H groups in total. The van der Waals surface area contributed by atoms with Crippen molar-refractivity contribution >= 4 is 5.91 Å². The van der Waals surface area contributed by atoms with Crippen LogP contribution in [0.2, 0.25) is 0 Å². The molecule has 0 unspecified atom stereocenters. The number of amides is 1. The number of rotatable bonds is 4. The predicted octanol–water partition coefficient (Wildman–Crippen LogP) is 2.16. The largest absolute Gasteiger partial charge is 0.373 e. The highest BCUT2D eigenvalue weighted by molar-refractivity contribution is 5.92. The van der Waals surface area contributed by atoms with E-state index in [2.05, 4.69) is 22.0 Å². The molecule has 122 valence electrons. The van der Waals surface area contributed by atoms with Crippen LogP contribution in [0.1, 0.15) is 22.1 Å². The van der Waals surface area contributed by atoms with E-state index in [-0.39, 0.29) is 18.1 Å². The molecule has 1 fully saturated rings. The van der Waals surface area contributed by atoms with Gasteiger partial charge in [0.15, 0.2) is 0 Å². The summed E-state index contributed by atoms with van der Waals surface area (Å²) >= 11 is 0. The fourth-order valence-electron chi connectivity index (χ4n) is 3.14. The molecule has 2 heterocycles. The van der Waals surface area contributed by atoms with Gasteiger partial charge in [0.25, 0.3) is 5.91 Å². The van der Waals surface area contributed by atoms with Gasteiger partial charge in [-0.1, -0.05) is 30.3 Å². The van der Waals surface area contributed by atoms with E-state index >= 15 is 0 Å². The zero-order chi connectivity index (χ0) is 16.2. The second-order valence-electron chi connectivity index (χ2n) is 6.11. The molecule has 0 aliphatic carbocycles. The zero-order valence-electron chi connectivity index (χ0n) is 13.6. The highest BCUT2D eigenvalue weighted by Crippen LogP contribution is 2.31. The summed E-state index contributed by atoms with van der Waals surface area (Å²) in [7, 11) is 4.05. The Balaban J connectivity index is 1.93. The molecule has 0 spiro atoms. The molecule has 2 atom stereocenters. The van der Waals surface area contributed by atoms with Gasteiger partial charge in [0.1, 0.15) is 5.69 Å². The first-order chi connectivity index (χ1) is 11.2. The van der Waals surface area contributed by atoms with Crippen molar-refractivity contribution in [2.45, 2.75) is 12.1 Å². The summed E-state index contributed by atoms with van der Waals surface area (Å²) in [4.78, 5) is 20.0. The smallest absolute Gasteiger partial charge is 0.270 e. The van der Waals surface area contributed by atoms with Crippen molar-refractivity contribution < 1.29 is 9.53 Å². The second-order valence-corrected chi connectivity index (χ2v) is 6.11. The summed E-state index contributed by atoms with van der Waals surface area (Å²) in [5, 5.41) is 0. The molecule has 2 aromatic rings. The van der Waals surface area contributed by atoms with Gasteiger partial charge in [0.05, 0.1) is 18.8 Å². The molecule has 0 radical (unpaired) electrons. The number of hydrogen-bond donors (Lipinski definition) is 1. The average Bonchev–Trinajstić information content (AvgIpc) is 3.08. The fraction of sp³-hybridized carbons (Fsp3) is 0.389. The number of ether oxygens (including phenoxy) is 1. The first-order valence-corrected chi connectivity index (χ1v) is 7.92. The van der Waals surface area contributed by atoms with Crippen LogP contribution in [0.25, 0.3) is 0 Å². The average molecular weight is 313 g/mol. The Kier molecular flexibility index (Phi) is 4.79. The first kappa shape index (κ1) is 15.8. The number of carbonyl (C=O) groups excluding carboxylic acids is 1. The Morgan fingerprint density at radius 1 is 1.26 bits per heavy atom. The quantitative estimate of drug-likeness (QED) is 0.941. The van der Waals surface area contributed by atoms with Crippen LogP contribution in [-0.4, -0.2) is 60.6 Å². The number of nitrogens with zero attached hydrogens (tertiary/aromatic N) is 2. The number of nitrogens with one attached hydrogen (secondary N) is 1. The van der Waals surface area contributed by atoms with Crippen LogP contribution in [0.3, 0.4) is 0 Å². The minimum absolute atomic E-state index is 0.0240. The minimum Gasteiger partial charge on any atom is -0.373 e. The summed E-state index contributed by atoms with van der Waals surface area (Å²) in [6.07, 6.45) is 1.74. The number of aromatic nitrogens is 1. The lowest BCUT2D eigenvalue weighted by atomic mass is 9.97. The highest BCUT2D eigenvalue weighted by atomic mass is 16.5. The van der Waals surface area contributed by atoms with Gasteiger partial charge in [-0.15, -0.1) is 0 Å². The number of H-pyrrole nitrogens is 1. The van der Waals surface area contributed by atoms with Gasteiger partial charge in [-0.3, -0.25) is 4.79 Å². The molecular formula is C18H23N3O2. The molecule has 1 aromatic heterocycles. The van der Waals surface area contributed by atoms with Gasteiger partial charge < -0.3 is 19.5 Å². The van der Waals surface area contributed by atoms with Crippen molar-refractivity contribution in [3.05, 3.63) is 59.9 Å². The molecular weight excluding hydrogens is 290 g/mol. The summed E-state index contributed by atoms with van der Waals surface area (Å²) in [5.74, 6) is 0.0240.